The number of nitro benzene ring substituents is 1. The highest BCUT2D eigenvalue weighted by molar-refractivity contribution is 5.45. The van der Waals surface area contributed by atoms with Gasteiger partial charge in [0, 0.05) is 19.2 Å². The summed E-state index contributed by atoms with van der Waals surface area (Å²) < 4.78 is 7.00. The average Bonchev–Trinajstić information content (AvgIpc) is 2.64. The van der Waals surface area contributed by atoms with Crippen molar-refractivity contribution in [1.29, 1.82) is 5.26 Å². The van der Waals surface area contributed by atoms with Crippen LogP contribution in [0.3, 0.4) is 0 Å². The molecule has 2 rings (SSSR count). The van der Waals surface area contributed by atoms with Crippen molar-refractivity contribution in [2.75, 3.05) is 0 Å². The Morgan fingerprint density at radius 1 is 1.42 bits per heavy atom. The van der Waals surface area contributed by atoms with Crippen molar-refractivity contribution in [3.05, 3.63) is 45.6 Å². The minimum Gasteiger partial charge on any atom is -0.438 e. The lowest BCUT2D eigenvalue weighted by Crippen LogP contribution is -1.96. The topological polar surface area (TPSA) is 94.0 Å². The maximum Gasteiger partial charge on any atom is 0.269 e. The number of nitriles is 1. The van der Waals surface area contributed by atoms with Gasteiger partial charge in [-0.05, 0) is 19.1 Å². The third-order valence-electron chi connectivity index (χ3n) is 2.54. The lowest BCUT2D eigenvalue weighted by atomic mass is 10.3. The molecule has 19 heavy (non-hydrogen) atoms. The van der Waals surface area contributed by atoms with Gasteiger partial charge in [0.15, 0.2) is 0 Å². The van der Waals surface area contributed by atoms with Crippen LogP contribution >= 0.6 is 0 Å². The second kappa shape index (κ2) is 4.78. The van der Waals surface area contributed by atoms with Gasteiger partial charge in [-0.15, -0.1) is 0 Å². The van der Waals surface area contributed by atoms with Crippen LogP contribution in [0.2, 0.25) is 0 Å². The summed E-state index contributed by atoms with van der Waals surface area (Å²) in [6.07, 6.45) is 0. The molecule has 0 aliphatic rings. The fraction of sp³-hybridized carbons (Fsp3) is 0.167. The first-order valence-corrected chi connectivity index (χ1v) is 5.39. The Morgan fingerprint density at radius 3 is 2.58 bits per heavy atom. The van der Waals surface area contributed by atoms with Crippen LogP contribution < -0.4 is 4.74 Å². The number of aryl methyl sites for hydroxylation is 2. The van der Waals surface area contributed by atoms with Crippen LogP contribution in [-0.4, -0.2) is 14.7 Å². The number of nitro groups is 1. The van der Waals surface area contributed by atoms with Crippen LogP contribution in [0.1, 0.15) is 11.3 Å². The maximum absolute atomic E-state index is 10.5. The van der Waals surface area contributed by atoms with Crippen LogP contribution in [0.5, 0.6) is 11.6 Å². The van der Waals surface area contributed by atoms with Crippen LogP contribution in [0, 0.1) is 28.4 Å². The van der Waals surface area contributed by atoms with Gasteiger partial charge in [0.25, 0.3) is 5.69 Å². The Morgan fingerprint density at radius 2 is 2.05 bits per heavy atom. The van der Waals surface area contributed by atoms with E-state index in [-0.39, 0.29) is 5.69 Å². The highest BCUT2D eigenvalue weighted by atomic mass is 16.6. The Kier molecular flexibility index (Phi) is 3.16. The molecule has 0 spiro atoms. The Bertz CT molecular complexity index is 668. The third kappa shape index (κ3) is 2.37. The third-order valence-corrected chi connectivity index (χ3v) is 2.54. The minimum absolute atomic E-state index is 0.0194. The van der Waals surface area contributed by atoms with Gasteiger partial charge in [0.2, 0.25) is 5.88 Å². The molecular weight excluding hydrogens is 248 g/mol. The number of aromatic nitrogens is 2. The Balaban J connectivity index is 2.32. The fourth-order valence-electron chi connectivity index (χ4n) is 1.63. The summed E-state index contributed by atoms with van der Waals surface area (Å²) in [5, 5.41) is 23.7. The number of hydrogen-bond acceptors (Lipinski definition) is 5. The first-order chi connectivity index (χ1) is 9.02. The van der Waals surface area contributed by atoms with Crippen molar-refractivity contribution in [3.63, 3.8) is 0 Å². The zero-order valence-electron chi connectivity index (χ0n) is 10.3. The standard InChI is InChI=1S/C12H10N4O3/c1-8-11(7-13)12(15(2)14-8)19-10-5-3-9(4-6-10)16(17)18/h3-6H,1-2H3. The van der Waals surface area contributed by atoms with Crippen LogP contribution in [0.25, 0.3) is 0 Å². The highest BCUT2D eigenvalue weighted by Crippen LogP contribution is 2.27. The smallest absolute Gasteiger partial charge is 0.269 e. The van der Waals surface area contributed by atoms with E-state index >= 15 is 0 Å². The monoisotopic (exact) mass is 258 g/mol. The molecule has 0 unspecified atom stereocenters. The van der Waals surface area contributed by atoms with Crippen LogP contribution in [0.15, 0.2) is 24.3 Å². The summed E-state index contributed by atoms with van der Waals surface area (Å²) >= 11 is 0. The van der Waals surface area contributed by atoms with E-state index in [0.717, 1.165) is 0 Å². The maximum atomic E-state index is 10.5. The summed E-state index contributed by atoms with van der Waals surface area (Å²) in [4.78, 5) is 10.0. The van der Waals surface area contributed by atoms with Gasteiger partial charge in [-0.25, -0.2) is 4.68 Å². The zero-order valence-corrected chi connectivity index (χ0v) is 10.3. The van der Waals surface area contributed by atoms with E-state index in [1.54, 1.807) is 14.0 Å². The van der Waals surface area contributed by atoms with Gasteiger partial charge in [0.1, 0.15) is 17.4 Å². The normalized spacial score (nSPS) is 9.95. The number of benzene rings is 1. The molecule has 0 aliphatic carbocycles. The Labute approximate surface area is 108 Å². The van der Waals surface area contributed by atoms with Crippen molar-refractivity contribution < 1.29 is 9.66 Å². The van der Waals surface area contributed by atoms with Crippen LogP contribution in [-0.2, 0) is 7.05 Å². The second-order valence-corrected chi connectivity index (χ2v) is 3.85. The molecule has 0 N–H and O–H groups in total. The summed E-state index contributed by atoms with van der Waals surface area (Å²) in [6.45, 7) is 1.71. The summed E-state index contributed by atoms with van der Waals surface area (Å²) in [7, 11) is 1.66. The SMILES string of the molecule is Cc1nn(C)c(Oc2ccc([N+](=O)[O-])cc2)c1C#N. The van der Waals surface area contributed by atoms with Crippen molar-refractivity contribution in [1.82, 2.24) is 9.78 Å². The molecule has 0 amide bonds. The zero-order chi connectivity index (χ0) is 14.0. The number of nitrogens with zero attached hydrogens (tertiary/aromatic N) is 4. The van der Waals surface area contributed by atoms with Gasteiger partial charge in [-0.2, -0.15) is 10.4 Å². The van der Waals surface area contributed by atoms with Crippen molar-refractivity contribution in [2.45, 2.75) is 6.92 Å². The first kappa shape index (κ1) is 12.6. The van der Waals surface area contributed by atoms with Gasteiger partial charge >= 0.3 is 0 Å². The van der Waals surface area contributed by atoms with E-state index in [4.69, 9.17) is 10.00 Å². The molecule has 1 heterocycles. The van der Waals surface area contributed by atoms with E-state index in [0.29, 0.717) is 22.9 Å². The molecule has 0 saturated heterocycles. The number of hydrogen-bond donors (Lipinski definition) is 0. The van der Waals surface area contributed by atoms with Gasteiger partial charge in [0.05, 0.1) is 10.6 Å². The van der Waals surface area contributed by atoms with E-state index in [1.165, 1.54) is 28.9 Å². The predicted molar refractivity (Wildman–Crippen MR) is 65.8 cm³/mol. The van der Waals surface area contributed by atoms with E-state index in [2.05, 4.69) is 5.10 Å². The lowest BCUT2D eigenvalue weighted by molar-refractivity contribution is -0.384. The molecule has 0 radical (unpaired) electrons. The second-order valence-electron chi connectivity index (χ2n) is 3.85. The van der Waals surface area contributed by atoms with E-state index in [9.17, 15) is 10.1 Å². The first-order valence-electron chi connectivity index (χ1n) is 5.39. The lowest BCUT2D eigenvalue weighted by Gasteiger charge is -2.05. The summed E-state index contributed by atoms with van der Waals surface area (Å²) in [5.74, 6) is 0.721. The largest absolute Gasteiger partial charge is 0.438 e. The fourth-order valence-corrected chi connectivity index (χ4v) is 1.63. The number of non-ortho nitro benzene ring substituents is 1. The number of ether oxygens (including phenoxy) is 1. The van der Waals surface area contributed by atoms with Crippen molar-refractivity contribution >= 4 is 5.69 Å². The van der Waals surface area contributed by atoms with Gasteiger partial charge in [-0.1, -0.05) is 0 Å². The highest BCUT2D eigenvalue weighted by Gasteiger charge is 2.15. The van der Waals surface area contributed by atoms with Gasteiger partial charge in [-0.3, -0.25) is 10.1 Å². The van der Waals surface area contributed by atoms with E-state index in [1.807, 2.05) is 6.07 Å². The summed E-state index contributed by atoms with van der Waals surface area (Å²) in [5.41, 5.74) is 0.900. The van der Waals surface area contributed by atoms with Crippen LogP contribution in [0.4, 0.5) is 5.69 Å². The average molecular weight is 258 g/mol. The molecule has 0 atom stereocenters. The molecule has 2 aromatic rings. The molecule has 0 bridgehead atoms. The molecule has 1 aromatic carbocycles. The molecule has 0 fully saturated rings. The van der Waals surface area contributed by atoms with Gasteiger partial charge < -0.3 is 4.74 Å². The quantitative estimate of drug-likeness (QED) is 0.621. The van der Waals surface area contributed by atoms with Crippen molar-refractivity contribution in [3.8, 4) is 17.7 Å². The van der Waals surface area contributed by atoms with E-state index < -0.39 is 4.92 Å². The van der Waals surface area contributed by atoms with Crippen molar-refractivity contribution in [2.24, 2.45) is 7.05 Å². The Hall–Kier alpha value is -2.88. The predicted octanol–water partition coefficient (Wildman–Crippen LogP) is 2.30. The molecular formula is C12H10N4O3. The molecule has 0 aliphatic heterocycles. The summed E-state index contributed by atoms with van der Waals surface area (Å²) in [6, 6.07) is 7.64. The number of rotatable bonds is 3. The molecule has 1 aromatic heterocycles. The molecule has 7 nitrogen and oxygen atoms in total. The molecule has 0 saturated carbocycles. The minimum atomic E-state index is -0.487. The molecule has 96 valence electrons. The molecule has 7 heteroatoms.